The standard InChI is InChI=1S/C17H16O2/c1-12-7-8-13-4-2-5-14(17(18)16(13)10-12)11-15-6-3-9-19-15/h3,6-11H,2,4-5H2,1H3/b14-11+. The molecule has 2 heteroatoms. The van der Waals surface area contributed by atoms with Crippen LogP contribution < -0.4 is 0 Å². The van der Waals surface area contributed by atoms with E-state index < -0.39 is 0 Å². The van der Waals surface area contributed by atoms with Gasteiger partial charge in [-0.2, -0.15) is 0 Å². The highest BCUT2D eigenvalue weighted by molar-refractivity contribution is 6.12. The normalized spacial score (nSPS) is 17.3. The van der Waals surface area contributed by atoms with Gasteiger partial charge in [0.2, 0.25) is 0 Å². The van der Waals surface area contributed by atoms with Gasteiger partial charge in [0.05, 0.1) is 6.26 Å². The van der Waals surface area contributed by atoms with Crippen LogP contribution in [-0.4, -0.2) is 5.78 Å². The maximum atomic E-state index is 12.6. The quantitative estimate of drug-likeness (QED) is 0.562. The number of benzene rings is 1. The minimum Gasteiger partial charge on any atom is -0.465 e. The number of fused-ring (bicyclic) bond motifs is 1. The summed E-state index contributed by atoms with van der Waals surface area (Å²) in [5.41, 5.74) is 4.00. The summed E-state index contributed by atoms with van der Waals surface area (Å²) in [5.74, 6) is 0.895. The van der Waals surface area contributed by atoms with Crippen LogP contribution in [-0.2, 0) is 6.42 Å². The molecule has 0 atom stereocenters. The van der Waals surface area contributed by atoms with Crippen molar-refractivity contribution in [2.24, 2.45) is 0 Å². The highest BCUT2D eigenvalue weighted by Gasteiger charge is 2.20. The third-order valence-electron chi connectivity index (χ3n) is 3.55. The Labute approximate surface area is 112 Å². The summed E-state index contributed by atoms with van der Waals surface area (Å²) in [6, 6.07) is 9.87. The molecule has 0 saturated carbocycles. The van der Waals surface area contributed by atoms with Crippen LogP contribution in [0.1, 0.15) is 40.1 Å². The van der Waals surface area contributed by atoms with Crippen molar-refractivity contribution in [3.63, 3.8) is 0 Å². The predicted molar refractivity (Wildman–Crippen MR) is 75.1 cm³/mol. The molecule has 0 bridgehead atoms. The number of hydrogen-bond donors (Lipinski definition) is 0. The lowest BCUT2D eigenvalue weighted by Gasteiger charge is -2.06. The molecule has 1 aliphatic carbocycles. The first kappa shape index (κ1) is 12.0. The molecular formula is C17H16O2. The molecule has 0 aliphatic heterocycles. The number of aryl methyl sites for hydroxylation is 2. The lowest BCUT2D eigenvalue weighted by molar-refractivity contribution is 0.103. The Bertz CT molecular complexity index is 633. The van der Waals surface area contributed by atoms with Crippen molar-refractivity contribution in [3.05, 3.63) is 64.6 Å². The van der Waals surface area contributed by atoms with E-state index in [-0.39, 0.29) is 5.78 Å². The van der Waals surface area contributed by atoms with E-state index in [9.17, 15) is 4.79 Å². The molecule has 1 heterocycles. The average molecular weight is 252 g/mol. The third-order valence-corrected chi connectivity index (χ3v) is 3.55. The second-order valence-corrected chi connectivity index (χ2v) is 5.03. The molecule has 1 aliphatic rings. The fourth-order valence-corrected chi connectivity index (χ4v) is 2.56. The Balaban J connectivity index is 2.04. The Morgan fingerprint density at radius 2 is 2.11 bits per heavy atom. The monoisotopic (exact) mass is 252 g/mol. The molecule has 2 nitrogen and oxygen atoms in total. The van der Waals surface area contributed by atoms with Gasteiger partial charge in [-0.05, 0) is 56.0 Å². The summed E-state index contributed by atoms with van der Waals surface area (Å²) < 4.78 is 5.31. The van der Waals surface area contributed by atoms with E-state index in [1.54, 1.807) is 6.26 Å². The van der Waals surface area contributed by atoms with Gasteiger partial charge in [-0.3, -0.25) is 4.79 Å². The van der Waals surface area contributed by atoms with Gasteiger partial charge in [0.1, 0.15) is 5.76 Å². The smallest absolute Gasteiger partial charge is 0.189 e. The molecular weight excluding hydrogens is 236 g/mol. The van der Waals surface area contributed by atoms with Crippen LogP contribution in [0.5, 0.6) is 0 Å². The molecule has 0 fully saturated rings. The molecule has 0 saturated heterocycles. The van der Waals surface area contributed by atoms with Gasteiger partial charge >= 0.3 is 0 Å². The lowest BCUT2D eigenvalue weighted by Crippen LogP contribution is -2.03. The van der Waals surface area contributed by atoms with Crippen LogP contribution in [0.2, 0.25) is 0 Å². The van der Waals surface area contributed by atoms with E-state index in [4.69, 9.17) is 4.42 Å². The van der Waals surface area contributed by atoms with E-state index in [1.165, 1.54) is 5.56 Å². The first-order valence-electron chi connectivity index (χ1n) is 6.62. The molecule has 1 aromatic heterocycles. The summed E-state index contributed by atoms with van der Waals surface area (Å²) in [5, 5.41) is 0. The van der Waals surface area contributed by atoms with Crippen LogP contribution in [0, 0.1) is 6.92 Å². The van der Waals surface area contributed by atoms with Crippen LogP contribution in [0.25, 0.3) is 6.08 Å². The largest absolute Gasteiger partial charge is 0.465 e. The van der Waals surface area contributed by atoms with Crippen LogP contribution in [0.15, 0.2) is 46.6 Å². The highest BCUT2D eigenvalue weighted by atomic mass is 16.3. The molecule has 1 aromatic carbocycles. The molecule has 19 heavy (non-hydrogen) atoms. The van der Waals surface area contributed by atoms with Crippen molar-refractivity contribution in [2.75, 3.05) is 0 Å². The van der Waals surface area contributed by atoms with E-state index in [1.807, 2.05) is 31.2 Å². The Kier molecular flexibility index (Phi) is 3.08. The zero-order chi connectivity index (χ0) is 13.2. The van der Waals surface area contributed by atoms with Crippen molar-refractivity contribution in [3.8, 4) is 0 Å². The van der Waals surface area contributed by atoms with E-state index in [2.05, 4.69) is 12.1 Å². The predicted octanol–water partition coefficient (Wildman–Crippen LogP) is 4.19. The van der Waals surface area contributed by atoms with Crippen LogP contribution in [0.3, 0.4) is 0 Å². The summed E-state index contributed by atoms with van der Waals surface area (Å²) in [7, 11) is 0. The van der Waals surface area contributed by atoms with Crippen molar-refractivity contribution in [2.45, 2.75) is 26.2 Å². The van der Waals surface area contributed by atoms with E-state index >= 15 is 0 Å². The van der Waals surface area contributed by atoms with Gasteiger partial charge in [-0.1, -0.05) is 17.7 Å². The molecule has 0 N–H and O–H groups in total. The Hall–Kier alpha value is -2.09. The molecule has 2 aromatic rings. The highest BCUT2D eigenvalue weighted by Crippen LogP contribution is 2.26. The van der Waals surface area contributed by atoms with Crippen LogP contribution in [0.4, 0.5) is 0 Å². The lowest BCUT2D eigenvalue weighted by atomic mass is 9.97. The summed E-state index contributed by atoms with van der Waals surface area (Å²) in [4.78, 5) is 12.6. The summed E-state index contributed by atoms with van der Waals surface area (Å²) in [6.07, 6.45) is 6.30. The van der Waals surface area contributed by atoms with Crippen molar-refractivity contribution in [1.29, 1.82) is 0 Å². The number of allylic oxidation sites excluding steroid dienone is 1. The zero-order valence-electron chi connectivity index (χ0n) is 11.0. The molecule has 0 amide bonds. The maximum absolute atomic E-state index is 12.6. The molecule has 96 valence electrons. The SMILES string of the molecule is Cc1ccc2c(c1)C(=O)/C(=C/c1ccco1)CCC2. The summed E-state index contributed by atoms with van der Waals surface area (Å²) >= 11 is 0. The minimum atomic E-state index is 0.146. The van der Waals surface area contributed by atoms with Crippen molar-refractivity contribution < 1.29 is 9.21 Å². The maximum Gasteiger partial charge on any atom is 0.189 e. The minimum absolute atomic E-state index is 0.146. The Morgan fingerprint density at radius 1 is 1.21 bits per heavy atom. The number of furan rings is 1. The first-order chi connectivity index (χ1) is 9.24. The second kappa shape index (κ2) is 4.88. The van der Waals surface area contributed by atoms with Gasteiger partial charge < -0.3 is 4.42 Å². The Morgan fingerprint density at radius 3 is 2.89 bits per heavy atom. The van der Waals surface area contributed by atoms with Crippen molar-refractivity contribution >= 4 is 11.9 Å². The van der Waals surface area contributed by atoms with Gasteiger partial charge in [0, 0.05) is 11.1 Å². The molecule has 0 unspecified atom stereocenters. The third kappa shape index (κ3) is 2.39. The molecule has 0 spiro atoms. The first-order valence-corrected chi connectivity index (χ1v) is 6.62. The number of carbonyl (C=O) groups excluding carboxylic acids is 1. The number of carbonyl (C=O) groups is 1. The van der Waals surface area contributed by atoms with Gasteiger partial charge in [-0.25, -0.2) is 0 Å². The fraction of sp³-hybridized carbons (Fsp3) is 0.235. The van der Waals surface area contributed by atoms with E-state index in [0.29, 0.717) is 0 Å². The number of rotatable bonds is 1. The van der Waals surface area contributed by atoms with E-state index in [0.717, 1.165) is 41.7 Å². The topological polar surface area (TPSA) is 30.2 Å². The van der Waals surface area contributed by atoms with Gasteiger partial charge in [-0.15, -0.1) is 0 Å². The fourth-order valence-electron chi connectivity index (χ4n) is 2.56. The zero-order valence-corrected chi connectivity index (χ0v) is 11.0. The van der Waals surface area contributed by atoms with Crippen LogP contribution >= 0.6 is 0 Å². The van der Waals surface area contributed by atoms with Crippen molar-refractivity contribution in [1.82, 2.24) is 0 Å². The molecule has 3 rings (SSSR count). The second-order valence-electron chi connectivity index (χ2n) is 5.03. The van der Waals surface area contributed by atoms with Gasteiger partial charge in [0.15, 0.2) is 5.78 Å². The van der Waals surface area contributed by atoms with Gasteiger partial charge in [0.25, 0.3) is 0 Å². The average Bonchev–Trinajstić information content (AvgIpc) is 2.86. The number of Topliss-reactive ketones (excluding diaryl/α,β-unsaturated/α-hetero) is 1. The summed E-state index contributed by atoms with van der Waals surface area (Å²) in [6.45, 7) is 2.02. The number of hydrogen-bond acceptors (Lipinski definition) is 2. The number of ketones is 1. The molecule has 0 radical (unpaired) electrons.